The molecule has 1 amide bonds. The van der Waals surface area contributed by atoms with E-state index in [-0.39, 0.29) is 18.3 Å². The topological polar surface area (TPSA) is 49.8 Å². The Morgan fingerprint density at radius 1 is 1.39 bits per heavy atom. The fraction of sp³-hybridized carbons (Fsp3) is 0.357. The highest BCUT2D eigenvalue weighted by Gasteiger charge is 2.17. The van der Waals surface area contributed by atoms with Crippen LogP contribution in [0.5, 0.6) is 5.75 Å². The third-order valence-electron chi connectivity index (χ3n) is 3.07. The first-order valence-electron chi connectivity index (χ1n) is 5.96. The third-order valence-corrected chi connectivity index (χ3v) is 3.07. The zero-order valence-electron chi connectivity index (χ0n) is 10.4. The van der Waals surface area contributed by atoms with Crippen LogP contribution in [-0.2, 0) is 9.53 Å². The van der Waals surface area contributed by atoms with Crippen molar-refractivity contribution in [1.82, 2.24) is 4.90 Å². The van der Waals surface area contributed by atoms with Crippen LogP contribution in [0.4, 0.5) is 0 Å². The molecule has 18 heavy (non-hydrogen) atoms. The molecule has 4 nitrogen and oxygen atoms in total. The molecule has 0 aromatic heterocycles. The standard InChI is InChI=1S/C14H17NO3/c1-18-10-14(17)15-8-6-12(7-9-15)11-2-4-13(16)5-3-11/h2-6,16H,7-10H2,1H3. The van der Waals surface area contributed by atoms with Gasteiger partial charge in [0.25, 0.3) is 0 Å². The summed E-state index contributed by atoms with van der Waals surface area (Å²) in [5, 5.41) is 9.24. The fourth-order valence-corrected chi connectivity index (χ4v) is 2.05. The lowest BCUT2D eigenvalue weighted by atomic mass is 9.99. The van der Waals surface area contributed by atoms with Gasteiger partial charge in [0, 0.05) is 20.2 Å². The van der Waals surface area contributed by atoms with Crippen molar-refractivity contribution in [1.29, 1.82) is 0 Å². The quantitative estimate of drug-likeness (QED) is 0.883. The predicted molar refractivity (Wildman–Crippen MR) is 69.2 cm³/mol. The largest absolute Gasteiger partial charge is 0.508 e. The number of hydrogen-bond donors (Lipinski definition) is 1. The summed E-state index contributed by atoms with van der Waals surface area (Å²) in [6, 6.07) is 7.15. The molecular formula is C14H17NO3. The van der Waals surface area contributed by atoms with E-state index in [0.717, 1.165) is 18.5 Å². The highest BCUT2D eigenvalue weighted by atomic mass is 16.5. The van der Waals surface area contributed by atoms with Crippen molar-refractivity contribution in [3.05, 3.63) is 35.9 Å². The van der Waals surface area contributed by atoms with Gasteiger partial charge in [-0.15, -0.1) is 0 Å². The zero-order chi connectivity index (χ0) is 13.0. The molecule has 2 rings (SSSR count). The lowest BCUT2D eigenvalue weighted by molar-refractivity contribution is -0.134. The average molecular weight is 247 g/mol. The van der Waals surface area contributed by atoms with E-state index in [0.29, 0.717) is 6.54 Å². The lowest BCUT2D eigenvalue weighted by Gasteiger charge is -2.26. The van der Waals surface area contributed by atoms with Crippen molar-refractivity contribution >= 4 is 11.5 Å². The van der Waals surface area contributed by atoms with E-state index in [4.69, 9.17) is 4.74 Å². The number of aromatic hydroxyl groups is 1. The number of rotatable bonds is 3. The number of phenolic OH excluding ortho intramolecular Hbond substituents is 1. The fourth-order valence-electron chi connectivity index (χ4n) is 2.05. The predicted octanol–water partition coefficient (Wildman–Crippen LogP) is 1.65. The van der Waals surface area contributed by atoms with Crippen molar-refractivity contribution in [3.63, 3.8) is 0 Å². The second-order valence-corrected chi connectivity index (χ2v) is 4.30. The first-order valence-corrected chi connectivity index (χ1v) is 5.96. The number of hydrogen-bond acceptors (Lipinski definition) is 3. The van der Waals surface area contributed by atoms with Gasteiger partial charge in [-0.3, -0.25) is 4.79 Å². The third kappa shape index (κ3) is 2.90. The van der Waals surface area contributed by atoms with Gasteiger partial charge >= 0.3 is 0 Å². The van der Waals surface area contributed by atoms with E-state index in [1.54, 1.807) is 17.0 Å². The Morgan fingerprint density at radius 2 is 2.11 bits per heavy atom. The minimum atomic E-state index is 0.0264. The maximum absolute atomic E-state index is 11.6. The normalized spacial score (nSPS) is 15.4. The summed E-state index contributed by atoms with van der Waals surface area (Å²) in [5.41, 5.74) is 2.32. The molecule has 1 N–H and O–H groups in total. The molecule has 1 aliphatic rings. The molecule has 4 heteroatoms. The number of amides is 1. The summed E-state index contributed by atoms with van der Waals surface area (Å²) in [7, 11) is 1.53. The molecule has 96 valence electrons. The molecule has 1 aromatic carbocycles. The molecule has 0 fully saturated rings. The van der Waals surface area contributed by atoms with Crippen molar-refractivity contribution in [2.24, 2.45) is 0 Å². The molecule has 0 atom stereocenters. The van der Waals surface area contributed by atoms with E-state index in [1.165, 1.54) is 12.7 Å². The molecule has 0 saturated carbocycles. The Morgan fingerprint density at radius 3 is 2.67 bits per heavy atom. The molecule has 0 unspecified atom stereocenters. The zero-order valence-corrected chi connectivity index (χ0v) is 10.4. The molecule has 1 aliphatic heterocycles. The lowest BCUT2D eigenvalue weighted by Crippen LogP contribution is -2.36. The van der Waals surface area contributed by atoms with E-state index in [2.05, 4.69) is 6.08 Å². The van der Waals surface area contributed by atoms with Crippen LogP contribution < -0.4 is 0 Å². The summed E-state index contributed by atoms with van der Waals surface area (Å²) in [4.78, 5) is 13.4. The Hall–Kier alpha value is -1.81. The molecule has 0 saturated heterocycles. The molecular weight excluding hydrogens is 230 g/mol. The van der Waals surface area contributed by atoms with Crippen LogP contribution >= 0.6 is 0 Å². The maximum Gasteiger partial charge on any atom is 0.248 e. The summed E-state index contributed by atoms with van der Waals surface area (Å²) >= 11 is 0. The van der Waals surface area contributed by atoms with Gasteiger partial charge in [0.1, 0.15) is 12.4 Å². The highest BCUT2D eigenvalue weighted by molar-refractivity contribution is 5.79. The van der Waals surface area contributed by atoms with Crippen molar-refractivity contribution in [2.45, 2.75) is 6.42 Å². The van der Waals surface area contributed by atoms with Crippen molar-refractivity contribution in [3.8, 4) is 5.75 Å². The monoisotopic (exact) mass is 247 g/mol. The Kier molecular flexibility index (Phi) is 3.99. The molecule has 0 spiro atoms. The maximum atomic E-state index is 11.6. The van der Waals surface area contributed by atoms with Gasteiger partial charge < -0.3 is 14.7 Å². The van der Waals surface area contributed by atoms with Crippen LogP contribution in [0.1, 0.15) is 12.0 Å². The second kappa shape index (κ2) is 5.69. The Labute approximate surface area is 106 Å². The van der Waals surface area contributed by atoms with E-state index in [1.807, 2.05) is 12.1 Å². The average Bonchev–Trinajstić information content (AvgIpc) is 2.40. The number of methoxy groups -OCH3 is 1. The minimum Gasteiger partial charge on any atom is -0.508 e. The van der Waals surface area contributed by atoms with Gasteiger partial charge in [-0.05, 0) is 29.7 Å². The molecule has 0 radical (unpaired) electrons. The molecule has 1 aromatic rings. The van der Waals surface area contributed by atoms with Gasteiger partial charge in [0.15, 0.2) is 0 Å². The van der Waals surface area contributed by atoms with Crippen LogP contribution in [0.15, 0.2) is 30.3 Å². The first kappa shape index (κ1) is 12.6. The SMILES string of the molecule is COCC(=O)N1CC=C(c2ccc(O)cc2)CC1. The van der Waals surface area contributed by atoms with Crippen LogP contribution in [-0.4, -0.2) is 42.7 Å². The van der Waals surface area contributed by atoms with Gasteiger partial charge in [-0.25, -0.2) is 0 Å². The van der Waals surface area contributed by atoms with Crippen molar-refractivity contribution < 1.29 is 14.6 Å². The van der Waals surface area contributed by atoms with Gasteiger partial charge in [0.05, 0.1) is 0 Å². The summed E-state index contributed by atoms with van der Waals surface area (Å²) in [6.07, 6.45) is 2.89. The number of carbonyl (C=O) groups is 1. The minimum absolute atomic E-state index is 0.0264. The number of nitrogens with zero attached hydrogens (tertiary/aromatic N) is 1. The van der Waals surface area contributed by atoms with Gasteiger partial charge in [-0.1, -0.05) is 18.2 Å². The van der Waals surface area contributed by atoms with Crippen LogP contribution in [0.3, 0.4) is 0 Å². The summed E-state index contributed by atoms with van der Waals surface area (Å²) < 4.78 is 4.84. The number of ether oxygens (including phenoxy) is 1. The number of benzene rings is 1. The second-order valence-electron chi connectivity index (χ2n) is 4.30. The molecule has 0 bridgehead atoms. The molecule has 0 aliphatic carbocycles. The molecule has 1 heterocycles. The first-order chi connectivity index (χ1) is 8.70. The van der Waals surface area contributed by atoms with Gasteiger partial charge in [-0.2, -0.15) is 0 Å². The number of phenols is 1. The Bertz CT molecular complexity index is 451. The summed E-state index contributed by atoms with van der Waals surface area (Å²) in [5.74, 6) is 0.297. The highest BCUT2D eigenvalue weighted by Crippen LogP contribution is 2.23. The van der Waals surface area contributed by atoms with Gasteiger partial charge in [0.2, 0.25) is 5.91 Å². The van der Waals surface area contributed by atoms with E-state index < -0.39 is 0 Å². The van der Waals surface area contributed by atoms with Crippen molar-refractivity contribution in [2.75, 3.05) is 26.8 Å². The van der Waals surface area contributed by atoms with E-state index in [9.17, 15) is 9.90 Å². The van der Waals surface area contributed by atoms with Crippen LogP contribution in [0, 0.1) is 0 Å². The smallest absolute Gasteiger partial charge is 0.248 e. The number of carbonyl (C=O) groups excluding carboxylic acids is 1. The van der Waals surface area contributed by atoms with Crippen LogP contribution in [0.25, 0.3) is 5.57 Å². The van der Waals surface area contributed by atoms with Crippen LogP contribution in [0.2, 0.25) is 0 Å². The van der Waals surface area contributed by atoms with E-state index >= 15 is 0 Å². The summed E-state index contributed by atoms with van der Waals surface area (Å²) in [6.45, 7) is 1.48. The Balaban J connectivity index is 2.02.